The summed E-state index contributed by atoms with van der Waals surface area (Å²) in [5.74, 6) is 1.66. The summed E-state index contributed by atoms with van der Waals surface area (Å²) in [5.41, 5.74) is 7.32. The topological polar surface area (TPSA) is 35.2 Å². The third kappa shape index (κ3) is 1.22. The van der Waals surface area contributed by atoms with Gasteiger partial charge in [-0.25, -0.2) is 0 Å². The van der Waals surface area contributed by atoms with E-state index in [-0.39, 0.29) is 5.41 Å². The van der Waals surface area contributed by atoms with Gasteiger partial charge in [0.1, 0.15) is 5.75 Å². The maximum absolute atomic E-state index is 5.86. The van der Waals surface area contributed by atoms with Gasteiger partial charge in [-0.2, -0.15) is 0 Å². The third-order valence-corrected chi connectivity index (χ3v) is 3.46. The molecule has 0 amide bonds. The van der Waals surface area contributed by atoms with Gasteiger partial charge in [-0.15, -0.1) is 0 Å². The third-order valence-electron chi connectivity index (χ3n) is 3.46. The molecule has 1 saturated carbocycles. The Morgan fingerprint density at radius 2 is 2.14 bits per heavy atom. The number of hydrogen-bond acceptors (Lipinski definition) is 2. The molecule has 76 valence electrons. The van der Waals surface area contributed by atoms with Crippen LogP contribution in [0.25, 0.3) is 0 Å². The molecule has 0 heterocycles. The Morgan fingerprint density at radius 3 is 2.64 bits per heavy atom. The molecule has 14 heavy (non-hydrogen) atoms. The molecule has 2 rings (SSSR count). The molecule has 0 aliphatic heterocycles. The molecule has 2 heteroatoms. The van der Waals surface area contributed by atoms with Crippen LogP contribution in [-0.2, 0) is 5.41 Å². The normalized spacial score (nSPS) is 30.1. The van der Waals surface area contributed by atoms with E-state index in [1.165, 1.54) is 12.0 Å². The molecule has 0 saturated heterocycles. The molecule has 1 aliphatic carbocycles. The van der Waals surface area contributed by atoms with Crippen molar-refractivity contribution in [1.82, 2.24) is 0 Å². The van der Waals surface area contributed by atoms with Gasteiger partial charge in [0.05, 0.1) is 7.11 Å². The summed E-state index contributed by atoms with van der Waals surface area (Å²) in [6.45, 7) is 2.97. The van der Waals surface area contributed by atoms with E-state index in [1.807, 2.05) is 12.1 Å². The van der Waals surface area contributed by atoms with Crippen LogP contribution in [-0.4, -0.2) is 13.7 Å². The molecule has 2 N–H and O–H groups in total. The lowest BCUT2D eigenvalue weighted by atomic mass is 9.93. The molecular formula is C12H17NO. The Hall–Kier alpha value is -1.02. The standard InChI is InChI=1S/C12H17NO/c1-9-7-12(9,8-13)10-5-3-4-6-11(10)14-2/h3-6,9H,7-8,13H2,1-2H3. The fraction of sp³-hybridized carbons (Fsp3) is 0.500. The number of nitrogens with two attached hydrogens (primary N) is 1. The molecule has 2 unspecified atom stereocenters. The Balaban J connectivity index is 2.41. The number of methoxy groups -OCH3 is 1. The summed E-state index contributed by atoms with van der Waals surface area (Å²) in [5, 5.41) is 0. The highest BCUT2D eigenvalue weighted by Gasteiger charge is 2.52. The summed E-state index contributed by atoms with van der Waals surface area (Å²) >= 11 is 0. The minimum Gasteiger partial charge on any atom is -0.496 e. The largest absolute Gasteiger partial charge is 0.496 e. The van der Waals surface area contributed by atoms with Crippen molar-refractivity contribution in [3.63, 3.8) is 0 Å². The lowest BCUT2D eigenvalue weighted by molar-refractivity contribution is 0.402. The Labute approximate surface area is 85.1 Å². The molecule has 2 nitrogen and oxygen atoms in total. The van der Waals surface area contributed by atoms with E-state index in [9.17, 15) is 0 Å². The summed E-state index contributed by atoms with van der Waals surface area (Å²) < 4.78 is 5.37. The SMILES string of the molecule is COc1ccccc1C1(CN)CC1C. The van der Waals surface area contributed by atoms with Crippen molar-refractivity contribution in [3.8, 4) is 5.75 Å². The predicted molar refractivity (Wildman–Crippen MR) is 57.5 cm³/mol. The van der Waals surface area contributed by atoms with E-state index in [0.717, 1.165) is 5.75 Å². The van der Waals surface area contributed by atoms with Crippen LogP contribution >= 0.6 is 0 Å². The molecule has 1 aromatic carbocycles. The lowest BCUT2D eigenvalue weighted by Crippen LogP contribution is -2.22. The van der Waals surface area contributed by atoms with E-state index in [2.05, 4.69) is 19.1 Å². The van der Waals surface area contributed by atoms with Gasteiger partial charge in [0, 0.05) is 17.5 Å². The van der Waals surface area contributed by atoms with Crippen LogP contribution in [0.5, 0.6) is 5.75 Å². The average Bonchev–Trinajstić information content (AvgIpc) is 2.91. The zero-order valence-electron chi connectivity index (χ0n) is 8.79. The maximum atomic E-state index is 5.86. The fourth-order valence-corrected chi connectivity index (χ4v) is 2.31. The van der Waals surface area contributed by atoms with Crippen LogP contribution in [0, 0.1) is 5.92 Å². The average molecular weight is 191 g/mol. The number of para-hydroxylation sites is 1. The fourth-order valence-electron chi connectivity index (χ4n) is 2.31. The van der Waals surface area contributed by atoms with Gasteiger partial charge in [0.2, 0.25) is 0 Å². The maximum Gasteiger partial charge on any atom is 0.122 e. The highest BCUT2D eigenvalue weighted by atomic mass is 16.5. The van der Waals surface area contributed by atoms with Crippen LogP contribution < -0.4 is 10.5 Å². The number of hydrogen-bond donors (Lipinski definition) is 1. The summed E-state index contributed by atoms with van der Waals surface area (Å²) in [6.07, 6.45) is 1.18. The summed E-state index contributed by atoms with van der Waals surface area (Å²) in [4.78, 5) is 0. The summed E-state index contributed by atoms with van der Waals surface area (Å²) in [7, 11) is 1.72. The van der Waals surface area contributed by atoms with Gasteiger partial charge in [-0.1, -0.05) is 25.1 Å². The Morgan fingerprint density at radius 1 is 1.50 bits per heavy atom. The predicted octanol–water partition coefficient (Wildman–Crippen LogP) is 1.93. The van der Waals surface area contributed by atoms with Crippen molar-refractivity contribution in [2.75, 3.05) is 13.7 Å². The zero-order valence-corrected chi connectivity index (χ0v) is 8.79. The van der Waals surface area contributed by atoms with Gasteiger partial charge < -0.3 is 10.5 Å². The Kier molecular flexibility index (Phi) is 2.23. The van der Waals surface area contributed by atoms with Crippen LogP contribution in [0.2, 0.25) is 0 Å². The van der Waals surface area contributed by atoms with Crippen LogP contribution in [0.1, 0.15) is 18.9 Å². The highest BCUT2D eigenvalue weighted by Crippen LogP contribution is 2.55. The van der Waals surface area contributed by atoms with E-state index in [1.54, 1.807) is 7.11 Å². The minimum absolute atomic E-state index is 0.187. The zero-order chi connectivity index (χ0) is 10.2. The lowest BCUT2D eigenvalue weighted by Gasteiger charge is -2.17. The van der Waals surface area contributed by atoms with Crippen molar-refractivity contribution in [1.29, 1.82) is 0 Å². The first kappa shape index (κ1) is 9.53. The van der Waals surface area contributed by atoms with Crippen molar-refractivity contribution in [2.24, 2.45) is 11.7 Å². The molecule has 0 spiro atoms. The van der Waals surface area contributed by atoms with Crippen LogP contribution in [0.15, 0.2) is 24.3 Å². The minimum atomic E-state index is 0.187. The van der Waals surface area contributed by atoms with Crippen LogP contribution in [0.4, 0.5) is 0 Å². The monoisotopic (exact) mass is 191 g/mol. The second kappa shape index (κ2) is 3.28. The van der Waals surface area contributed by atoms with Gasteiger partial charge in [0.25, 0.3) is 0 Å². The van der Waals surface area contributed by atoms with Crippen molar-refractivity contribution in [3.05, 3.63) is 29.8 Å². The van der Waals surface area contributed by atoms with E-state index >= 15 is 0 Å². The van der Waals surface area contributed by atoms with E-state index in [4.69, 9.17) is 10.5 Å². The molecule has 0 bridgehead atoms. The molecule has 1 fully saturated rings. The van der Waals surface area contributed by atoms with E-state index < -0.39 is 0 Å². The first-order valence-electron chi connectivity index (χ1n) is 5.08. The molecular weight excluding hydrogens is 174 g/mol. The first-order valence-corrected chi connectivity index (χ1v) is 5.08. The van der Waals surface area contributed by atoms with Gasteiger partial charge >= 0.3 is 0 Å². The van der Waals surface area contributed by atoms with Crippen molar-refractivity contribution < 1.29 is 4.74 Å². The van der Waals surface area contributed by atoms with Gasteiger partial charge in [-0.3, -0.25) is 0 Å². The van der Waals surface area contributed by atoms with Crippen molar-refractivity contribution >= 4 is 0 Å². The second-order valence-electron chi connectivity index (χ2n) is 4.17. The smallest absolute Gasteiger partial charge is 0.122 e. The second-order valence-corrected chi connectivity index (χ2v) is 4.17. The number of rotatable bonds is 3. The molecule has 1 aliphatic rings. The summed E-state index contributed by atoms with van der Waals surface area (Å²) in [6, 6.07) is 8.20. The molecule has 2 atom stereocenters. The number of benzene rings is 1. The van der Waals surface area contributed by atoms with E-state index in [0.29, 0.717) is 12.5 Å². The first-order chi connectivity index (χ1) is 6.74. The van der Waals surface area contributed by atoms with Gasteiger partial charge in [0.15, 0.2) is 0 Å². The van der Waals surface area contributed by atoms with Crippen LogP contribution in [0.3, 0.4) is 0 Å². The number of ether oxygens (including phenoxy) is 1. The molecule has 0 aromatic heterocycles. The molecule has 0 radical (unpaired) electrons. The Bertz CT molecular complexity index is 333. The van der Waals surface area contributed by atoms with Crippen molar-refractivity contribution in [2.45, 2.75) is 18.8 Å². The quantitative estimate of drug-likeness (QED) is 0.792. The highest BCUT2D eigenvalue weighted by molar-refractivity contribution is 5.44. The van der Waals surface area contributed by atoms with Gasteiger partial charge in [-0.05, 0) is 18.4 Å². The molecule has 1 aromatic rings.